The van der Waals surface area contributed by atoms with E-state index in [-0.39, 0.29) is 29.3 Å². The van der Waals surface area contributed by atoms with Gasteiger partial charge in [0.05, 0.1) is 4.90 Å². The molecule has 134 valence electrons. The molecule has 2 saturated heterocycles. The summed E-state index contributed by atoms with van der Waals surface area (Å²) >= 11 is 0. The minimum absolute atomic E-state index is 0. The quantitative estimate of drug-likeness (QED) is 0.883. The topological polar surface area (TPSA) is 66.5 Å². The summed E-state index contributed by atoms with van der Waals surface area (Å²) in [6.07, 6.45) is 5.50. The number of benzene rings is 1. The zero-order valence-corrected chi connectivity index (χ0v) is 15.9. The summed E-state index contributed by atoms with van der Waals surface area (Å²) in [6.45, 7) is 1.75. The Morgan fingerprint density at radius 1 is 1.21 bits per heavy atom. The van der Waals surface area contributed by atoms with Gasteiger partial charge in [-0.05, 0) is 50.3 Å². The van der Waals surface area contributed by atoms with Crippen molar-refractivity contribution in [3.63, 3.8) is 0 Å². The zero-order valence-electron chi connectivity index (χ0n) is 14.3. The molecular weight excluding hydrogens is 348 g/mol. The van der Waals surface area contributed by atoms with Crippen LogP contribution in [0.5, 0.6) is 0 Å². The lowest BCUT2D eigenvalue weighted by Crippen LogP contribution is -2.48. The fourth-order valence-corrected chi connectivity index (χ4v) is 4.84. The zero-order chi connectivity index (χ0) is 16.8. The summed E-state index contributed by atoms with van der Waals surface area (Å²) in [6, 6.07) is 6.20. The molecule has 0 saturated carbocycles. The number of hydrogen-bond acceptors (Lipinski definition) is 4. The van der Waals surface area contributed by atoms with Crippen molar-refractivity contribution in [2.75, 3.05) is 13.3 Å². The van der Waals surface area contributed by atoms with E-state index in [1.165, 1.54) is 25.2 Å². The number of aryl methyl sites for hydroxylation is 1. The molecule has 0 radical (unpaired) electrons. The second-order valence-corrected chi connectivity index (χ2v) is 8.92. The van der Waals surface area contributed by atoms with Crippen LogP contribution in [0, 0.1) is 6.92 Å². The van der Waals surface area contributed by atoms with Crippen LogP contribution in [0.3, 0.4) is 0 Å². The molecule has 1 aromatic carbocycles. The highest BCUT2D eigenvalue weighted by Crippen LogP contribution is 2.30. The molecule has 2 bridgehead atoms. The molecule has 0 aliphatic carbocycles. The molecule has 1 amide bonds. The van der Waals surface area contributed by atoms with Gasteiger partial charge in [0.1, 0.15) is 0 Å². The van der Waals surface area contributed by atoms with Crippen LogP contribution in [0.2, 0.25) is 0 Å². The highest BCUT2D eigenvalue weighted by atomic mass is 35.5. The monoisotopic (exact) mass is 372 g/mol. The van der Waals surface area contributed by atoms with Gasteiger partial charge in [-0.25, -0.2) is 8.42 Å². The van der Waals surface area contributed by atoms with Gasteiger partial charge in [-0.2, -0.15) is 0 Å². The Morgan fingerprint density at radius 2 is 1.79 bits per heavy atom. The first-order valence-corrected chi connectivity index (χ1v) is 9.99. The molecule has 2 fully saturated rings. The number of sulfone groups is 1. The Bertz CT molecular complexity index is 723. The maximum Gasteiger partial charge on any atom is 0.253 e. The number of nitrogens with zero attached hydrogens (tertiary/aromatic N) is 1. The van der Waals surface area contributed by atoms with Gasteiger partial charge in [-0.3, -0.25) is 4.79 Å². The summed E-state index contributed by atoms with van der Waals surface area (Å²) < 4.78 is 23.7. The number of nitrogens with one attached hydrogen (secondary N) is 1. The van der Waals surface area contributed by atoms with E-state index in [0.717, 1.165) is 12.8 Å². The maximum atomic E-state index is 12.8. The molecule has 1 N–H and O–H groups in total. The van der Waals surface area contributed by atoms with Crippen molar-refractivity contribution in [1.29, 1.82) is 0 Å². The molecule has 24 heavy (non-hydrogen) atoms. The molecule has 1 aromatic rings. The van der Waals surface area contributed by atoms with Gasteiger partial charge >= 0.3 is 0 Å². The molecule has 0 spiro atoms. The summed E-state index contributed by atoms with van der Waals surface area (Å²) in [7, 11) is -1.50. The second kappa shape index (κ2) is 7.02. The predicted molar refractivity (Wildman–Crippen MR) is 96.6 cm³/mol. The Morgan fingerprint density at radius 3 is 2.33 bits per heavy atom. The summed E-state index contributed by atoms with van der Waals surface area (Å²) in [5, 5.41) is 3.57. The lowest BCUT2D eigenvalue weighted by Gasteiger charge is -2.35. The highest BCUT2D eigenvalue weighted by Gasteiger charge is 2.36. The Balaban J connectivity index is 0.00000208. The average Bonchev–Trinajstić information content (AvgIpc) is 2.83. The standard InChI is InChI=1S/C17H24N2O3S.ClH/c1-11-4-5-12(8-16(11)23(3,21)22)17(20)19(2)15-9-13-6-7-14(10-15)18-13;/h4-5,8,13-15,18H,6-7,9-10H2,1-3H3;1H. The number of hydrogen-bond donors (Lipinski definition) is 1. The van der Waals surface area contributed by atoms with Crippen LogP contribution < -0.4 is 5.32 Å². The first-order valence-electron chi connectivity index (χ1n) is 8.09. The van der Waals surface area contributed by atoms with Gasteiger partial charge in [-0.15, -0.1) is 12.4 Å². The molecule has 2 aliphatic rings. The summed E-state index contributed by atoms with van der Waals surface area (Å²) in [4.78, 5) is 14.8. The molecule has 2 unspecified atom stereocenters. The second-order valence-electron chi connectivity index (χ2n) is 6.93. The maximum absolute atomic E-state index is 12.8. The molecule has 3 rings (SSSR count). The van der Waals surface area contributed by atoms with E-state index in [1.54, 1.807) is 24.0 Å². The fraction of sp³-hybridized carbons (Fsp3) is 0.588. The van der Waals surface area contributed by atoms with Gasteiger partial charge < -0.3 is 10.2 Å². The molecule has 2 atom stereocenters. The van der Waals surface area contributed by atoms with Crippen LogP contribution in [-0.4, -0.2) is 50.7 Å². The normalized spacial score (nSPS) is 25.9. The van der Waals surface area contributed by atoms with Gasteiger partial charge in [-0.1, -0.05) is 6.07 Å². The van der Waals surface area contributed by atoms with Crippen LogP contribution >= 0.6 is 12.4 Å². The number of carbonyl (C=O) groups is 1. The Labute approximate surface area is 150 Å². The van der Waals surface area contributed by atoms with E-state index < -0.39 is 9.84 Å². The van der Waals surface area contributed by atoms with Crippen molar-refractivity contribution >= 4 is 28.2 Å². The van der Waals surface area contributed by atoms with E-state index in [1.807, 2.05) is 7.05 Å². The minimum Gasteiger partial charge on any atom is -0.339 e. The van der Waals surface area contributed by atoms with E-state index in [0.29, 0.717) is 23.2 Å². The number of fused-ring (bicyclic) bond motifs is 2. The van der Waals surface area contributed by atoms with Crippen LogP contribution in [-0.2, 0) is 9.84 Å². The van der Waals surface area contributed by atoms with Crippen molar-refractivity contribution in [2.24, 2.45) is 0 Å². The van der Waals surface area contributed by atoms with E-state index >= 15 is 0 Å². The third-order valence-electron chi connectivity index (χ3n) is 5.15. The first-order chi connectivity index (χ1) is 10.8. The molecular formula is C17H25ClN2O3S. The lowest BCUT2D eigenvalue weighted by atomic mass is 9.98. The summed E-state index contributed by atoms with van der Waals surface area (Å²) in [5.74, 6) is -0.0961. The third kappa shape index (κ3) is 3.76. The van der Waals surface area contributed by atoms with Gasteiger partial charge in [0.2, 0.25) is 0 Å². The van der Waals surface area contributed by atoms with Crippen molar-refractivity contribution in [1.82, 2.24) is 10.2 Å². The van der Waals surface area contributed by atoms with Gasteiger partial charge in [0, 0.05) is 37.0 Å². The van der Waals surface area contributed by atoms with Crippen molar-refractivity contribution < 1.29 is 13.2 Å². The van der Waals surface area contributed by atoms with Gasteiger partial charge in [0.15, 0.2) is 9.84 Å². The molecule has 0 aromatic heterocycles. The van der Waals surface area contributed by atoms with Crippen molar-refractivity contribution in [3.05, 3.63) is 29.3 Å². The van der Waals surface area contributed by atoms with E-state index in [4.69, 9.17) is 0 Å². The SMILES string of the molecule is Cc1ccc(C(=O)N(C)C2CC3CCC(C2)N3)cc1S(C)(=O)=O.Cl. The Hall–Kier alpha value is -1.11. The smallest absolute Gasteiger partial charge is 0.253 e. The van der Waals surface area contributed by atoms with Crippen molar-refractivity contribution in [3.8, 4) is 0 Å². The molecule has 7 heteroatoms. The van der Waals surface area contributed by atoms with Crippen LogP contribution in [0.25, 0.3) is 0 Å². The molecule has 2 heterocycles. The lowest BCUT2D eigenvalue weighted by molar-refractivity contribution is 0.0681. The summed E-state index contributed by atoms with van der Waals surface area (Å²) in [5.41, 5.74) is 1.12. The number of amides is 1. The van der Waals surface area contributed by atoms with Crippen molar-refractivity contribution in [2.45, 2.75) is 55.6 Å². The first kappa shape index (κ1) is 19.2. The Kier molecular flexibility index (Phi) is 5.62. The number of piperidine rings is 1. The largest absolute Gasteiger partial charge is 0.339 e. The van der Waals surface area contributed by atoms with E-state index in [9.17, 15) is 13.2 Å². The number of halogens is 1. The van der Waals surface area contributed by atoms with Crippen LogP contribution in [0.15, 0.2) is 23.1 Å². The number of rotatable bonds is 3. The molecule has 5 nitrogen and oxygen atoms in total. The third-order valence-corrected chi connectivity index (χ3v) is 6.39. The minimum atomic E-state index is -3.33. The van der Waals surface area contributed by atoms with E-state index in [2.05, 4.69) is 5.32 Å². The van der Waals surface area contributed by atoms with Crippen LogP contribution in [0.1, 0.15) is 41.6 Å². The highest BCUT2D eigenvalue weighted by molar-refractivity contribution is 7.90. The average molecular weight is 373 g/mol. The predicted octanol–water partition coefficient (Wildman–Crippen LogP) is 2.18. The molecule has 2 aliphatic heterocycles. The van der Waals surface area contributed by atoms with Gasteiger partial charge in [0.25, 0.3) is 5.91 Å². The fourth-order valence-electron chi connectivity index (χ4n) is 3.85. The van der Waals surface area contributed by atoms with Crippen LogP contribution in [0.4, 0.5) is 0 Å². The number of carbonyl (C=O) groups excluding carboxylic acids is 1.